The fraction of sp³-hybridized carbons (Fsp3) is 0.222. The zero-order chi connectivity index (χ0) is 9.84. The maximum atomic E-state index is 10.8. The standard InChI is InChI=1S/C9H10N2O2/c1-6(12)9-4-3-8(5-10-9)11-7(2)13/h3-5H,1-2H3,(H,11,13). The molecule has 0 aliphatic rings. The zero-order valence-electron chi connectivity index (χ0n) is 7.50. The Kier molecular flexibility index (Phi) is 2.74. The molecule has 13 heavy (non-hydrogen) atoms. The van der Waals surface area contributed by atoms with Gasteiger partial charge in [-0.3, -0.25) is 14.6 Å². The van der Waals surface area contributed by atoms with Gasteiger partial charge in [0.15, 0.2) is 5.78 Å². The van der Waals surface area contributed by atoms with Gasteiger partial charge in [0.2, 0.25) is 5.91 Å². The molecule has 0 fully saturated rings. The van der Waals surface area contributed by atoms with Crippen molar-refractivity contribution in [2.75, 3.05) is 5.32 Å². The van der Waals surface area contributed by atoms with E-state index >= 15 is 0 Å². The third kappa shape index (κ3) is 2.66. The van der Waals surface area contributed by atoms with Crippen molar-refractivity contribution < 1.29 is 9.59 Å². The monoisotopic (exact) mass is 178 g/mol. The van der Waals surface area contributed by atoms with Crippen molar-refractivity contribution in [3.05, 3.63) is 24.0 Å². The van der Waals surface area contributed by atoms with Crippen LogP contribution in [0.5, 0.6) is 0 Å². The molecule has 1 N–H and O–H groups in total. The van der Waals surface area contributed by atoms with Crippen LogP contribution in [-0.2, 0) is 4.79 Å². The Morgan fingerprint density at radius 1 is 1.31 bits per heavy atom. The van der Waals surface area contributed by atoms with Crippen LogP contribution in [0, 0.1) is 0 Å². The van der Waals surface area contributed by atoms with Crippen LogP contribution >= 0.6 is 0 Å². The Hall–Kier alpha value is -1.71. The largest absolute Gasteiger partial charge is 0.325 e. The number of rotatable bonds is 2. The number of hydrogen-bond acceptors (Lipinski definition) is 3. The van der Waals surface area contributed by atoms with Gasteiger partial charge >= 0.3 is 0 Å². The summed E-state index contributed by atoms with van der Waals surface area (Å²) in [6.07, 6.45) is 1.46. The molecule has 1 aromatic heterocycles. The minimum Gasteiger partial charge on any atom is -0.325 e. The first-order chi connectivity index (χ1) is 6.09. The van der Waals surface area contributed by atoms with Crippen LogP contribution in [0.15, 0.2) is 18.3 Å². The number of carbonyl (C=O) groups excluding carboxylic acids is 2. The molecule has 1 aromatic rings. The van der Waals surface area contributed by atoms with Gasteiger partial charge in [0.05, 0.1) is 11.9 Å². The second-order valence-corrected chi connectivity index (χ2v) is 2.67. The summed E-state index contributed by atoms with van der Waals surface area (Å²) in [5, 5.41) is 2.56. The Bertz CT molecular complexity index is 330. The van der Waals surface area contributed by atoms with E-state index in [1.807, 2.05) is 0 Å². The summed E-state index contributed by atoms with van der Waals surface area (Å²) in [6, 6.07) is 3.22. The molecule has 68 valence electrons. The summed E-state index contributed by atoms with van der Waals surface area (Å²) in [5.41, 5.74) is 0.992. The first-order valence-corrected chi connectivity index (χ1v) is 3.84. The van der Waals surface area contributed by atoms with Crippen LogP contribution in [0.4, 0.5) is 5.69 Å². The van der Waals surface area contributed by atoms with Gasteiger partial charge in [-0.25, -0.2) is 0 Å². The average Bonchev–Trinajstić information content (AvgIpc) is 2.04. The molecule has 0 bridgehead atoms. The molecule has 1 heterocycles. The van der Waals surface area contributed by atoms with E-state index in [4.69, 9.17) is 0 Å². The lowest BCUT2D eigenvalue weighted by Crippen LogP contribution is -2.06. The molecule has 1 amide bonds. The fourth-order valence-corrected chi connectivity index (χ4v) is 0.879. The van der Waals surface area contributed by atoms with Crippen molar-refractivity contribution in [1.29, 1.82) is 0 Å². The molecule has 0 saturated heterocycles. The van der Waals surface area contributed by atoms with Gasteiger partial charge in [0, 0.05) is 13.8 Å². The molecule has 0 aromatic carbocycles. The maximum Gasteiger partial charge on any atom is 0.221 e. The molecule has 1 rings (SSSR count). The summed E-state index contributed by atoms with van der Waals surface area (Å²) in [7, 11) is 0. The first-order valence-electron chi connectivity index (χ1n) is 3.84. The normalized spacial score (nSPS) is 9.38. The van der Waals surface area contributed by atoms with Gasteiger partial charge in [0.25, 0.3) is 0 Å². The molecule has 0 spiro atoms. The van der Waals surface area contributed by atoms with Gasteiger partial charge in [-0.2, -0.15) is 0 Å². The Balaban J connectivity index is 2.81. The van der Waals surface area contributed by atoms with Crippen LogP contribution in [-0.4, -0.2) is 16.7 Å². The smallest absolute Gasteiger partial charge is 0.221 e. The second kappa shape index (κ2) is 3.80. The quantitative estimate of drug-likeness (QED) is 0.693. The van der Waals surface area contributed by atoms with Crippen LogP contribution in [0.1, 0.15) is 24.3 Å². The van der Waals surface area contributed by atoms with Crippen LogP contribution in [0.25, 0.3) is 0 Å². The molecule has 0 aliphatic carbocycles. The number of anilines is 1. The van der Waals surface area contributed by atoms with E-state index in [9.17, 15) is 9.59 Å². The molecule has 0 saturated carbocycles. The van der Waals surface area contributed by atoms with Crippen LogP contribution in [0.3, 0.4) is 0 Å². The Morgan fingerprint density at radius 3 is 2.38 bits per heavy atom. The maximum absolute atomic E-state index is 10.8. The van der Waals surface area contributed by atoms with E-state index in [1.54, 1.807) is 12.1 Å². The number of carbonyl (C=O) groups is 2. The number of nitrogens with zero attached hydrogens (tertiary/aromatic N) is 1. The van der Waals surface area contributed by atoms with Gasteiger partial charge in [0.1, 0.15) is 5.69 Å². The van der Waals surface area contributed by atoms with E-state index < -0.39 is 0 Å². The highest BCUT2D eigenvalue weighted by molar-refractivity contribution is 5.93. The topological polar surface area (TPSA) is 59.1 Å². The predicted octanol–water partition coefficient (Wildman–Crippen LogP) is 1.24. The number of aromatic nitrogens is 1. The van der Waals surface area contributed by atoms with Crippen LogP contribution < -0.4 is 5.32 Å². The zero-order valence-corrected chi connectivity index (χ0v) is 7.50. The number of amides is 1. The van der Waals surface area contributed by atoms with Gasteiger partial charge in [-0.05, 0) is 12.1 Å². The lowest BCUT2D eigenvalue weighted by molar-refractivity contribution is -0.114. The SMILES string of the molecule is CC(=O)Nc1ccc(C(C)=O)nc1. The van der Waals surface area contributed by atoms with Crippen molar-refractivity contribution in [2.45, 2.75) is 13.8 Å². The molecule has 0 unspecified atom stereocenters. The molecule has 4 heteroatoms. The minimum atomic E-state index is -0.155. The summed E-state index contributed by atoms with van der Waals surface area (Å²) < 4.78 is 0. The average molecular weight is 178 g/mol. The van der Waals surface area contributed by atoms with E-state index in [0.29, 0.717) is 11.4 Å². The van der Waals surface area contributed by atoms with Gasteiger partial charge in [-0.15, -0.1) is 0 Å². The summed E-state index contributed by atoms with van der Waals surface area (Å²) in [6.45, 7) is 2.86. The highest BCUT2D eigenvalue weighted by atomic mass is 16.1. The lowest BCUT2D eigenvalue weighted by atomic mass is 10.2. The van der Waals surface area contributed by atoms with Crippen molar-refractivity contribution in [2.24, 2.45) is 0 Å². The predicted molar refractivity (Wildman–Crippen MR) is 48.5 cm³/mol. The Labute approximate surface area is 76.0 Å². The van der Waals surface area contributed by atoms with E-state index in [0.717, 1.165) is 0 Å². The number of ketones is 1. The molecule has 0 radical (unpaired) electrons. The first kappa shape index (κ1) is 9.38. The number of Topliss-reactive ketones (excluding diaryl/α,β-unsaturated/α-hetero) is 1. The minimum absolute atomic E-state index is 0.0885. The number of pyridine rings is 1. The Morgan fingerprint density at radius 2 is 2.00 bits per heavy atom. The summed E-state index contributed by atoms with van der Waals surface area (Å²) >= 11 is 0. The highest BCUT2D eigenvalue weighted by Gasteiger charge is 2.00. The van der Waals surface area contributed by atoms with Crippen molar-refractivity contribution >= 4 is 17.4 Å². The molecule has 4 nitrogen and oxygen atoms in total. The van der Waals surface area contributed by atoms with Gasteiger partial charge < -0.3 is 5.32 Å². The fourth-order valence-electron chi connectivity index (χ4n) is 0.879. The number of hydrogen-bond donors (Lipinski definition) is 1. The van der Waals surface area contributed by atoms with Gasteiger partial charge in [-0.1, -0.05) is 0 Å². The molecule has 0 atom stereocenters. The number of nitrogens with one attached hydrogen (secondary N) is 1. The lowest BCUT2D eigenvalue weighted by Gasteiger charge is -2.00. The second-order valence-electron chi connectivity index (χ2n) is 2.67. The molecular weight excluding hydrogens is 168 g/mol. The van der Waals surface area contributed by atoms with Crippen molar-refractivity contribution in [1.82, 2.24) is 4.98 Å². The molecule has 0 aliphatic heterocycles. The molecular formula is C9H10N2O2. The van der Waals surface area contributed by atoms with Crippen molar-refractivity contribution in [3.8, 4) is 0 Å². The highest BCUT2D eigenvalue weighted by Crippen LogP contribution is 2.05. The summed E-state index contributed by atoms with van der Waals surface area (Å²) in [4.78, 5) is 25.3. The van der Waals surface area contributed by atoms with E-state index in [1.165, 1.54) is 20.0 Å². The summed E-state index contributed by atoms with van der Waals surface area (Å²) in [5.74, 6) is -0.244. The van der Waals surface area contributed by atoms with E-state index in [2.05, 4.69) is 10.3 Å². The van der Waals surface area contributed by atoms with Crippen LogP contribution in [0.2, 0.25) is 0 Å². The third-order valence-corrected chi connectivity index (χ3v) is 1.44. The van der Waals surface area contributed by atoms with E-state index in [-0.39, 0.29) is 11.7 Å². The van der Waals surface area contributed by atoms with Crippen molar-refractivity contribution in [3.63, 3.8) is 0 Å². The third-order valence-electron chi connectivity index (χ3n) is 1.44.